The molecule has 0 bridgehead atoms. The number of nitrogens with zero attached hydrogens (tertiary/aromatic N) is 4. The first-order valence-corrected chi connectivity index (χ1v) is 8.32. The molecule has 3 heterocycles. The number of ether oxygens (including phenoxy) is 1. The minimum Gasteiger partial charge on any atom is -0.370 e. The van der Waals surface area contributed by atoms with Crippen molar-refractivity contribution in [3.63, 3.8) is 0 Å². The van der Waals surface area contributed by atoms with Crippen molar-refractivity contribution in [2.75, 3.05) is 6.61 Å². The van der Waals surface area contributed by atoms with E-state index in [0.717, 1.165) is 48.6 Å². The van der Waals surface area contributed by atoms with Crippen LogP contribution in [0, 0.1) is 13.8 Å². The van der Waals surface area contributed by atoms with E-state index in [4.69, 9.17) is 4.74 Å². The highest BCUT2D eigenvalue weighted by atomic mass is 16.5. The van der Waals surface area contributed by atoms with E-state index in [1.54, 1.807) is 17.1 Å². The highest BCUT2D eigenvalue weighted by Crippen LogP contribution is 2.24. The molecule has 0 unspecified atom stereocenters. The van der Waals surface area contributed by atoms with Gasteiger partial charge < -0.3 is 10.1 Å². The average molecular weight is 329 g/mol. The van der Waals surface area contributed by atoms with Gasteiger partial charge in [-0.1, -0.05) is 0 Å². The van der Waals surface area contributed by atoms with E-state index in [-0.39, 0.29) is 18.6 Å². The molecule has 0 saturated carbocycles. The predicted octanol–water partition coefficient (Wildman–Crippen LogP) is 1.85. The number of carbonyl (C=O) groups is 1. The van der Waals surface area contributed by atoms with Gasteiger partial charge in [0.05, 0.1) is 5.69 Å². The number of nitrogens with one attached hydrogen (secondary N) is 1. The Bertz CT molecular complexity index is 690. The molecule has 1 N–H and O–H groups in total. The lowest BCUT2D eigenvalue weighted by Gasteiger charge is -2.21. The molecular weight excluding hydrogens is 306 g/mol. The van der Waals surface area contributed by atoms with Crippen LogP contribution in [0.5, 0.6) is 0 Å². The smallest absolute Gasteiger partial charge is 0.242 e. The van der Waals surface area contributed by atoms with Crippen molar-refractivity contribution in [3.05, 3.63) is 41.2 Å². The predicted molar refractivity (Wildman–Crippen MR) is 88.1 cm³/mol. The fourth-order valence-electron chi connectivity index (χ4n) is 2.79. The third-order valence-corrected chi connectivity index (χ3v) is 4.08. The molecule has 7 heteroatoms. The summed E-state index contributed by atoms with van der Waals surface area (Å²) in [5, 5.41) is 7.16. The molecule has 7 nitrogen and oxygen atoms in total. The van der Waals surface area contributed by atoms with Gasteiger partial charge in [0.25, 0.3) is 0 Å². The van der Waals surface area contributed by atoms with Gasteiger partial charge in [-0.2, -0.15) is 5.10 Å². The number of hydrogen-bond donors (Lipinski definition) is 1. The van der Waals surface area contributed by atoms with Gasteiger partial charge in [0.15, 0.2) is 5.82 Å². The van der Waals surface area contributed by atoms with Crippen molar-refractivity contribution in [1.82, 2.24) is 25.1 Å². The number of aryl methyl sites for hydroxylation is 2. The molecule has 0 aromatic carbocycles. The summed E-state index contributed by atoms with van der Waals surface area (Å²) in [7, 11) is 0. The van der Waals surface area contributed by atoms with E-state index < -0.39 is 0 Å². The molecule has 0 spiro atoms. The van der Waals surface area contributed by atoms with Crippen molar-refractivity contribution in [2.24, 2.45) is 0 Å². The zero-order valence-corrected chi connectivity index (χ0v) is 14.2. The SMILES string of the molecule is Cc1cc(C)n(CC(=O)NCc2cnc([C@H]3CCCCO3)nc2)n1. The molecule has 24 heavy (non-hydrogen) atoms. The lowest BCUT2D eigenvalue weighted by Crippen LogP contribution is -2.28. The van der Waals surface area contributed by atoms with Crippen molar-refractivity contribution in [2.45, 2.75) is 52.3 Å². The van der Waals surface area contributed by atoms with Gasteiger partial charge >= 0.3 is 0 Å². The first-order valence-electron chi connectivity index (χ1n) is 8.32. The lowest BCUT2D eigenvalue weighted by atomic mass is 10.1. The Kier molecular flexibility index (Phi) is 5.20. The Morgan fingerprint density at radius 3 is 2.75 bits per heavy atom. The quantitative estimate of drug-likeness (QED) is 0.905. The maximum absolute atomic E-state index is 12.0. The van der Waals surface area contributed by atoms with Crippen LogP contribution < -0.4 is 5.32 Å². The fraction of sp³-hybridized carbons (Fsp3) is 0.529. The fourth-order valence-corrected chi connectivity index (χ4v) is 2.79. The van der Waals surface area contributed by atoms with Crippen molar-refractivity contribution in [3.8, 4) is 0 Å². The molecule has 2 aromatic heterocycles. The Labute approximate surface area is 141 Å². The summed E-state index contributed by atoms with van der Waals surface area (Å²) in [4.78, 5) is 20.8. The normalized spacial score (nSPS) is 17.7. The molecule has 0 radical (unpaired) electrons. The summed E-state index contributed by atoms with van der Waals surface area (Å²) >= 11 is 0. The molecule has 1 aliphatic rings. The van der Waals surface area contributed by atoms with Gasteiger partial charge in [-0.05, 0) is 39.2 Å². The molecule has 1 atom stereocenters. The third kappa shape index (κ3) is 4.17. The molecule has 3 rings (SSSR count). The summed E-state index contributed by atoms with van der Waals surface area (Å²) in [6.45, 7) is 5.25. The van der Waals surface area contributed by atoms with Gasteiger partial charge in [0.2, 0.25) is 5.91 Å². The Morgan fingerprint density at radius 2 is 2.12 bits per heavy atom. The maximum atomic E-state index is 12.0. The number of hydrogen-bond acceptors (Lipinski definition) is 5. The summed E-state index contributed by atoms with van der Waals surface area (Å²) in [6, 6.07) is 1.95. The monoisotopic (exact) mass is 329 g/mol. The summed E-state index contributed by atoms with van der Waals surface area (Å²) in [5.41, 5.74) is 2.76. The minimum absolute atomic E-state index is 0.00780. The topological polar surface area (TPSA) is 81.9 Å². The Hall–Kier alpha value is -2.28. The van der Waals surface area contributed by atoms with Gasteiger partial charge in [0, 0.05) is 36.8 Å². The summed E-state index contributed by atoms with van der Waals surface area (Å²) in [5.74, 6) is 0.647. The second-order valence-corrected chi connectivity index (χ2v) is 6.17. The molecule has 1 saturated heterocycles. The molecule has 128 valence electrons. The molecule has 1 amide bonds. The van der Waals surface area contributed by atoms with Crippen LogP contribution >= 0.6 is 0 Å². The van der Waals surface area contributed by atoms with Crippen LogP contribution in [-0.4, -0.2) is 32.3 Å². The van der Waals surface area contributed by atoms with E-state index in [9.17, 15) is 4.79 Å². The Balaban J connectivity index is 1.50. The van der Waals surface area contributed by atoms with Crippen molar-refractivity contribution in [1.29, 1.82) is 0 Å². The summed E-state index contributed by atoms with van der Waals surface area (Å²) < 4.78 is 7.38. The number of amides is 1. The molecule has 0 aliphatic carbocycles. The third-order valence-electron chi connectivity index (χ3n) is 4.08. The average Bonchev–Trinajstić information content (AvgIpc) is 2.91. The Morgan fingerprint density at radius 1 is 1.33 bits per heavy atom. The van der Waals surface area contributed by atoms with Crippen molar-refractivity contribution < 1.29 is 9.53 Å². The van der Waals surface area contributed by atoms with Gasteiger partial charge in [-0.25, -0.2) is 9.97 Å². The first-order chi connectivity index (χ1) is 11.6. The number of rotatable bonds is 5. The first kappa shape index (κ1) is 16.6. The van der Waals surface area contributed by atoms with Crippen LogP contribution in [0.25, 0.3) is 0 Å². The minimum atomic E-state index is -0.0825. The highest BCUT2D eigenvalue weighted by Gasteiger charge is 2.18. The van der Waals surface area contributed by atoms with E-state index >= 15 is 0 Å². The highest BCUT2D eigenvalue weighted by molar-refractivity contribution is 5.75. The second kappa shape index (κ2) is 7.53. The van der Waals surface area contributed by atoms with Crippen LogP contribution in [0.3, 0.4) is 0 Å². The van der Waals surface area contributed by atoms with E-state index in [2.05, 4.69) is 20.4 Å². The molecular formula is C17H23N5O2. The number of aromatic nitrogens is 4. The maximum Gasteiger partial charge on any atom is 0.242 e. The molecule has 1 aliphatic heterocycles. The van der Waals surface area contributed by atoms with Crippen LogP contribution in [0.15, 0.2) is 18.5 Å². The largest absolute Gasteiger partial charge is 0.370 e. The van der Waals surface area contributed by atoms with Crippen molar-refractivity contribution >= 4 is 5.91 Å². The molecule has 1 fully saturated rings. The zero-order chi connectivity index (χ0) is 16.9. The van der Waals surface area contributed by atoms with Gasteiger partial charge in [0.1, 0.15) is 12.6 Å². The standard InChI is InChI=1S/C17H23N5O2/c1-12-7-13(2)22(21-12)11-16(23)18-8-14-9-19-17(20-10-14)15-5-3-4-6-24-15/h7,9-10,15H,3-6,8,11H2,1-2H3,(H,18,23)/t15-/m1/s1. The van der Waals surface area contributed by atoms with Gasteiger partial charge in [-0.15, -0.1) is 0 Å². The number of carbonyl (C=O) groups excluding carboxylic acids is 1. The van der Waals surface area contributed by atoms with Crippen LogP contribution in [0.2, 0.25) is 0 Å². The summed E-state index contributed by atoms with van der Waals surface area (Å²) in [6.07, 6.45) is 6.74. The van der Waals surface area contributed by atoms with E-state index in [1.165, 1.54) is 0 Å². The van der Waals surface area contributed by atoms with Gasteiger partial charge in [-0.3, -0.25) is 9.48 Å². The van der Waals surface area contributed by atoms with Crippen LogP contribution in [-0.2, 0) is 22.6 Å². The van der Waals surface area contributed by atoms with Crippen LogP contribution in [0.4, 0.5) is 0 Å². The molecule has 2 aromatic rings. The lowest BCUT2D eigenvalue weighted by molar-refractivity contribution is -0.122. The van der Waals surface area contributed by atoms with Crippen LogP contribution in [0.1, 0.15) is 48.1 Å². The second-order valence-electron chi connectivity index (χ2n) is 6.17. The van der Waals surface area contributed by atoms with E-state index in [0.29, 0.717) is 6.54 Å². The zero-order valence-electron chi connectivity index (χ0n) is 14.2. The van der Waals surface area contributed by atoms with E-state index in [1.807, 2.05) is 19.9 Å².